The van der Waals surface area contributed by atoms with Gasteiger partial charge in [0.05, 0.1) is 25.2 Å². The molecule has 0 aliphatic carbocycles. The van der Waals surface area contributed by atoms with E-state index in [1.807, 2.05) is 0 Å². The van der Waals surface area contributed by atoms with Gasteiger partial charge in [0.2, 0.25) is 5.82 Å². The molecule has 15 heavy (non-hydrogen) atoms. The van der Waals surface area contributed by atoms with Crippen molar-refractivity contribution in [3.8, 4) is 11.8 Å². The highest BCUT2D eigenvalue weighted by Gasteiger charge is 2.18. The second-order valence-electron chi connectivity index (χ2n) is 2.70. The highest BCUT2D eigenvalue weighted by Crippen LogP contribution is 2.22. The van der Waals surface area contributed by atoms with Crippen molar-refractivity contribution in [2.24, 2.45) is 0 Å². The summed E-state index contributed by atoms with van der Waals surface area (Å²) in [5.41, 5.74) is -0.435. The Balaban J connectivity index is 3.18. The smallest absolute Gasteiger partial charge is 0.201 e. The van der Waals surface area contributed by atoms with Crippen molar-refractivity contribution in [3.63, 3.8) is 0 Å². The summed E-state index contributed by atoms with van der Waals surface area (Å²) in [6, 6.07) is 3.81. The summed E-state index contributed by atoms with van der Waals surface area (Å²) >= 11 is 0. The molecule has 1 aromatic carbocycles. The van der Waals surface area contributed by atoms with Crippen molar-refractivity contribution < 1.29 is 18.3 Å². The molecule has 0 heterocycles. The van der Waals surface area contributed by atoms with Gasteiger partial charge >= 0.3 is 0 Å². The lowest BCUT2D eigenvalue weighted by molar-refractivity contribution is 0.0992. The van der Waals surface area contributed by atoms with Crippen LogP contribution in [0, 0.1) is 23.0 Å². The van der Waals surface area contributed by atoms with Crippen molar-refractivity contribution in [3.05, 3.63) is 29.3 Å². The molecule has 1 aromatic rings. The highest BCUT2D eigenvalue weighted by molar-refractivity contribution is 5.97. The van der Waals surface area contributed by atoms with Crippen LogP contribution in [0.1, 0.15) is 16.8 Å². The van der Waals surface area contributed by atoms with Crippen LogP contribution in [-0.2, 0) is 0 Å². The number of carbonyl (C=O) groups is 1. The fourth-order valence-corrected chi connectivity index (χ4v) is 1.07. The number of nitrogens with zero attached hydrogens (tertiary/aromatic N) is 1. The minimum Gasteiger partial charge on any atom is -0.494 e. The molecule has 0 aliphatic heterocycles. The average molecular weight is 211 g/mol. The molecule has 0 atom stereocenters. The Hall–Kier alpha value is -1.96. The summed E-state index contributed by atoms with van der Waals surface area (Å²) in [6.07, 6.45) is -0.483. The summed E-state index contributed by atoms with van der Waals surface area (Å²) in [5, 5.41) is 8.25. The Morgan fingerprint density at radius 1 is 1.47 bits per heavy atom. The third-order valence-electron chi connectivity index (χ3n) is 1.81. The van der Waals surface area contributed by atoms with Gasteiger partial charge in [-0.3, -0.25) is 4.79 Å². The van der Waals surface area contributed by atoms with Crippen molar-refractivity contribution in [1.82, 2.24) is 0 Å². The van der Waals surface area contributed by atoms with E-state index in [4.69, 9.17) is 5.26 Å². The number of nitriles is 1. The van der Waals surface area contributed by atoms with Crippen LogP contribution in [0.15, 0.2) is 12.1 Å². The average Bonchev–Trinajstić information content (AvgIpc) is 2.22. The Morgan fingerprint density at radius 3 is 2.67 bits per heavy atom. The number of benzene rings is 1. The molecule has 0 bridgehead atoms. The molecular weight excluding hydrogens is 204 g/mol. The minimum atomic E-state index is -1.28. The van der Waals surface area contributed by atoms with Crippen LogP contribution in [0.4, 0.5) is 8.78 Å². The third-order valence-corrected chi connectivity index (χ3v) is 1.81. The van der Waals surface area contributed by atoms with E-state index in [-0.39, 0.29) is 5.75 Å². The van der Waals surface area contributed by atoms with E-state index < -0.39 is 29.4 Å². The zero-order valence-corrected chi connectivity index (χ0v) is 7.88. The molecule has 3 nitrogen and oxygen atoms in total. The Kier molecular flexibility index (Phi) is 3.34. The number of ketones is 1. The lowest BCUT2D eigenvalue weighted by atomic mass is 10.1. The number of carbonyl (C=O) groups excluding carboxylic acids is 1. The predicted molar refractivity (Wildman–Crippen MR) is 47.5 cm³/mol. The topological polar surface area (TPSA) is 50.1 Å². The molecule has 0 amide bonds. The Bertz CT molecular complexity index is 438. The molecule has 0 fully saturated rings. The molecule has 0 spiro atoms. The molecule has 0 aromatic heterocycles. The minimum absolute atomic E-state index is 0.277. The number of hydrogen-bond acceptors (Lipinski definition) is 3. The molecule has 0 N–H and O–H groups in total. The van der Waals surface area contributed by atoms with E-state index in [2.05, 4.69) is 4.74 Å². The normalized spacial score (nSPS) is 9.47. The van der Waals surface area contributed by atoms with E-state index in [1.54, 1.807) is 6.07 Å². The molecule has 5 heteroatoms. The van der Waals surface area contributed by atoms with Crippen LogP contribution in [0.25, 0.3) is 0 Å². The summed E-state index contributed by atoms with van der Waals surface area (Å²) in [4.78, 5) is 11.1. The maximum atomic E-state index is 13.2. The maximum Gasteiger partial charge on any atom is 0.201 e. The summed E-state index contributed by atoms with van der Waals surface area (Å²) < 4.78 is 30.9. The second kappa shape index (κ2) is 4.51. The first-order chi connectivity index (χ1) is 7.11. The zero-order chi connectivity index (χ0) is 11.4. The SMILES string of the molecule is COc1ccc(C(=O)CC#N)c(F)c1F. The van der Waals surface area contributed by atoms with E-state index in [0.29, 0.717) is 0 Å². The van der Waals surface area contributed by atoms with Crippen LogP contribution in [0.5, 0.6) is 5.75 Å². The van der Waals surface area contributed by atoms with Crippen LogP contribution >= 0.6 is 0 Å². The molecule has 0 unspecified atom stereocenters. The van der Waals surface area contributed by atoms with Gasteiger partial charge in [-0.1, -0.05) is 0 Å². The first-order valence-corrected chi connectivity index (χ1v) is 4.04. The molecule has 78 valence electrons. The summed E-state index contributed by atoms with van der Waals surface area (Å²) in [5.74, 6) is -3.53. The highest BCUT2D eigenvalue weighted by atomic mass is 19.2. The van der Waals surface area contributed by atoms with Crippen LogP contribution in [-0.4, -0.2) is 12.9 Å². The van der Waals surface area contributed by atoms with Crippen LogP contribution in [0.3, 0.4) is 0 Å². The maximum absolute atomic E-state index is 13.2. The zero-order valence-electron chi connectivity index (χ0n) is 7.88. The second-order valence-corrected chi connectivity index (χ2v) is 2.70. The fraction of sp³-hybridized carbons (Fsp3) is 0.200. The molecule has 0 radical (unpaired) electrons. The first-order valence-electron chi connectivity index (χ1n) is 4.04. The quantitative estimate of drug-likeness (QED) is 0.719. The van der Waals surface area contributed by atoms with Gasteiger partial charge < -0.3 is 4.74 Å². The third kappa shape index (κ3) is 2.10. The van der Waals surface area contributed by atoms with Gasteiger partial charge in [-0.15, -0.1) is 0 Å². The predicted octanol–water partition coefficient (Wildman–Crippen LogP) is 2.07. The molecule has 0 saturated carbocycles. The fourth-order valence-electron chi connectivity index (χ4n) is 1.07. The van der Waals surface area contributed by atoms with Crippen LogP contribution < -0.4 is 4.74 Å². The number of rotatable bonds is 3. The van der Waals surface area contributed by atoms with Gasteiger partial charge in [-0.25, -0.2) is 4.39 Å². The van der Waals surface area contributed by atoms with Crippen LogP contribution in [0.2, 0.25) is 0 Å². The largest absolute Gasteiger partial charge is 0.494 e. The number of hydrogen-bond donors (Lipinski definition) is 0. The summed E-state index contributed by atoms with van der Waals surface area (Å²) in [7, 11) is 1.19. The molecule has 1 rings (SSSR count). The Labute approximate surface area is 84.9 Å². The lowest BCUT2D eigenvalue weighted by Crippen LogP contribution is -2.04. The van der Waals surface area contributed by atoms with Crippen molar-refractivity contribution in [2.45, 2.75) is 6.42 Å². The van der Waals surface area contributed by atoms with Gasteiger partial charge in [0.15, 0.2) is 17.3 Å². The number of ether oxygens (including phenoxy) is 1. The molecule has 0 saturated heterocycles. The van der Waals surface area contributed by atoms with E-state index in [1.165, 1.54) is 7.11 Å². The summed E-state index contributed by atoms with van der Waals surface area (Å²) in [6.45, 7) is 0. The molecular formula is C10H7F2NO2. The first kappa shape index (κ1) is 11.1. The Morgan fingerprint density at radius 2 is 2.13 bits per heavy atom. The van der Waals surface area contributed by atoms with Gasteiger partial charge in [-0.2, -0.15) is 9.65 Å². The number of methoxy groups -OCH3 is 1. The van der Waals surface area contributed by atoms with Crippen molar-refractivity contribution >= 4 is 5.78 Å². The number of Topliss-reactive ketones (excluding diaryl/α,β-unsaturated/α-hetero) is 1. The standard InChI is InChI=1S/C10H7F2NO2/c1-15-8-3-2-6(7(14)4-5-13)9(11)10(8)12/h2-3H,4H2,1H3. The van der Waals surface area contributed by atoms with E-state index in [0.717, 1.165) is 12.1 Å². The van der Waals surface area contributed by atoms with Gasteiger partial charge in [0.25, 0.3) is 0 Å². The van der Waals surface area contributed by atoms with Gasteiger partial charge in [-0.05, 0) is 12.1 Å². The molecule has 0 aliphatic rings. The van der Waals surface area contributed by atoms with E-state index >= 15 is 0 Å². The monoisotopic (exact) mass is 211 g/mol. The van der Waals surface area contributed by atoms with Crippen molar-refractivity contribution in [2.75, 3.05) is 7.11 Å². The van der Waals surface area contributed by atoms with E-state index in [9.17, 15) is 13.6 Å². The van der Waals surface area contributed by atoms with Crippen molar-refractivity contribution in [1.29, 1.82) is 5.26 Å². The van der Waals surface area contributed by atoms with Gasteiger partial charge in [0, 0.05) is 0 Å². The van der Waals surface area contributed by atoms with Gasteiger partial charge in [0.1, 0.15) is 0 Å². The lowest BCUT2D eigenvalue weighted by Gasteiger charge is -2.05. The number of halogens is 2.